The van der Waals surface area contributed by atoms with Crippen molar-refractivity contribution in [2.45, 2.75) is 31.0 Å². The van der Waals surface area contributed by atoms with Crippen LogP contribution in [0.3, 0.4) is 0 Å². The molecule has 0 aliphatic carbocycles. The van der Waals surface area contributed by atoms with E-state index in [4.69, 9.17) is 4.74 Å². The Morgan fingerprint density at radius 1 is 0.941 bits per heavy atom. The van der Waals surface area contributed by atoms with E-state index in [1.165, 1.54) is 0 Å². The molecule has 5 rings (SSSR count). The Labute approximate surface area is 200 Å². The van der Waals surface area contributed by atoms with Gasteiger partial charge in [0.1, 0.15) is 5.60 Å². The standard InChI is InChI=1S/C29H29N3O2/c1-34-29(24-14-7-3-8-15-24,25-16-9-4-10-17-25)26-18-11-20-32(26)28(33)27-30-19-21-31(27)22-23-12-5-2-6-13-23/h2-10,12-17,19,21,26H,11,18,20,22H2,1H3/t26-/m0/s1. The van der Waals surface area contributed by atoms with Crippen LogP contribution < -0.4 is 0 Å². The lowest BCUT2D eigenvalue weighted by Crippen LogP contribution is -2.52. The van der Waals surface area contributed by atoms with Gasteiger partial charge in [-0.15, -0.1) is 0 Å². The predicted octanol–water partition coefficient (Wildman–Crippen LogP) is 5.13. The largest absolute Gasteiger partial charge is 0.367 e. The van der Waals surface area contributed by atoms with Gasteiger partial charge in [-0.3, -0.25) is 4.79 Å². The van der Waals surface area contributed by atoms with Gasteiger partial charge >= 0.3 is 0 Å². The molecule has 0 unspecified atom stereocenters. The molecule has 1 aromatic heterocycles. The number of methoxy groups -OCH3 is 1. The number of hydrogen-bond donors (Lipinski definition) is 0. The van der Waals surface area contributed by atoms with Crippen LogP contribution in [0.5, 0.6) is 0 Å². The van der Waals surface area contributed by atoms with E-state index in [-0.39, 0.29) is 11.9 Å². The number of carbonyl (C=O) groups is 1. The van der Waals surface area contributed by atoms with Crippen molar-refractivity contribution in [2.24, 2.45) is 0 Å². The van der Waals surface area contributed by atoms with Crippen molar-refractivity contribution in [3.63, 3.8) is 0 Å². The molecule has 0 bridgehead atoms. The lowest BCUT2D eigenvalue weighted by atomic mass is 9.78. The van der Waals surface area contributed by atoms with Gasteiger partial charge in [-0.2, -0.15) is 0 Å². The molecule has 5 nitrogen and oxygen atoms in total. The highest BCUT2D eigenvalue weighted by Crippen LogP contribution is 2.43. The highest BCUT2D eigenvalue weighted by Gasteiger charge is 2.49. The van der Waals surface area contributed by atoms with Crippen LogP contribution in [0, 0.1) is 0 Å². The maximum absolute atomic E-state index is 13.9. The highest BCUT2D eigenvalue weighted by molar-refractivity contribution is 5.91. The molecular weight excluding hydrogens is 422 g/mol. The van der Waals surface area contributed by atoms with Crippen molar-refractivity contribution >= 4 is 5.91 Å². The smallest absolute Gasteiger partial charge is 0.290 e. The molecule has 1 atom stereocenters. The van der Waals surface area contributed by atoms with Crippen LogP contribution in [0.1, 0.15) is 40.2 Å². The van der Waals surface area contributed by atoms with Crippen LogP contribution in [-0.4, -0.2) is 40.1 Å². The van der Waals surface area contributed by atoms with E-state index in [9.17, 15) is 4.79 Å². The van der Waals surface area contributed by atoms with Crippen LogP contribution in [-0.2, 0) is 16.9 Å². The second-order valence-corrected chi connectivity index (χ2v) is 8.69. The summed E-state index contributed by atoms with van der Waals surface area (Å²) in [5, 5.41) is 0. The molecule has 5 heteroatoms. The minimum atomic E-state index is -0.772. The number of likely N-dealkylation sites (tertiary alicyclic amines) is 1. The maximum atomic E-state index is 13.9. The first-order valence-electron chi connectivity index (χ1n) is 11.8. The zero-order valence-corrected chi connectivity index (χ0v) is 19.4. The van der Waals surface area contributed by atoms with E-state index in [0.29, 0.717) is 18.9 Å². The summed E-state index contributed by atoms with van der Waals surface area (Å²) >= 11 is 0. The van der Waals surface area contributed by atoms with E-state index in [2.05, 4.69) is 41.4 Å². The third-order valence-electron chi connectivity index (χ3n) is 6.81. The fourth-order valence-electron chi connectivity index (χ4n) is 5.27. The summed E-state index contributed by atoms with van der Waals surface area (Å²) in [6.45, 7) is 1.28. The second-order valence-electron chi connectivity index (χ2n) is 8.69. The van der Waals surface area contributed by atoms with Crippen molar-refractivity contribution in [3.05, 3.63) is 126 Å². The van der Waals surface area contributed by atoms with Gasteiger partial charge in [0.15, 0.2) is 5.82 Å². The zero-order valence-electron chi connectivity index (χ0n) is 19.4. The van der Waals surface area contributed by atoms with Gasteiger partial charge < -0.3 is 14.2 Å². The van der Waals surface area contributed by atoms with Crippen LogP contribution in [0.15, 0.2) is 103 Å². The van der Waals surface area contributed by atoms with E-state index in [0.717, 1.165) is 29.5 Å². The lowest BCUT2D eigenvalue weighted by molar-refractivity contribution is -0.0364. The first-order chi connectivity index (χ1) is 16.7. The van der Waals surface area contributed by atoms with Gasteiger partial charge in [0.05, 0.1) is 6.04 Å². The van der Waals surface area contributed by atoms with Crippen molar-refractivity contribution in [3.8, 4) is 0 Å². The summed E-state index contributed by atoms with van der Waals surface area (Å²) in [6.07, 6.45) is 5.35. The number of amides is 1. The average molecular weight is 452 g/mol. The molecule has 0 N–H and O–H groups in total. The van der Waals surface area contributed by atoms with Crippen molar-refractivity contribution in [1.29, 1.82) is 0 Å². The third kappa shape index (κ3) is 3.93. The molecule has 3 aromatic carbocycles. The van der Waals surface area contributed by atoms with E-state index >= 15 is 0 Å². The van der Waals surface area contributed by atoms with Gasteiger partial charge in [-0.05, 0) is 29.5 Å². The molecule has 0 saturated carbocycles. The molecule has 172 valence electrons. The average Bonchev–Trinajstić information content (AvgIpc) is 3.57. The molecule has 4 aromatic rings. The number of aromatic nitrogens is 2. The minimum absolute atomic E-state index is 0.0586. The molecule has 0 spiro atoms. The first kappa shape index (κ1) is 22.1. The number of ether oxygens (including phenoxy) is 1. The molecule has 1 aliphatic rings. The van der Waals surface area contributed by atoms with Crippen molar-refractivity contribution < 1.29 is 9.53 Å². The number of hydrogen-bond acceptors (Lipinski definition) is 3. The minimum Gasteiger partial charge on any atom is -0.367 e. The van der Waals surface area contributed by atoms with Crippen LogP contribution in [0.4, 0.5) is 0 Å². The summed E-state index contributed by atoms with van der Waals surface area (Å²) in [4.78, 5) is 20.4. The molecule has 0 radical (unpaired) electrons. The van der Waals surface area contributed by atoms with Gasteiger partial charge in [-0.1, -0.05) is 91.0 Å². The molecule has 2 heterocycles. The first-order valence-corrected chi connectivity index (χ1v) is 11.8. The molecular formula is C29H29N3O2. The third-order valence-corrected chi connectivity index (χ3v) is 6.81. The van der Waals surface area contributed by atoms with Gasteiger partial charge in [0.25, 0.3) is 5.91 Å². The second kappa shape index (κ2) is 9.65. The van der Waals surface area contributed by atoms with Gasteiger partial charge in [0.2, 0.25) is 0 Å². The van der Waals surface area contributed by atoms with E-state index in [1.807, 2.05) is 70.3 Å². The number of carbonyl (C=O) groups excluding carboxylic acids is 1. The van der Waals surface area contributed by atoms with Crippen LogP contribution in [0.2, 0.25) is 0 Å². The van der Waals surface area contributed by atoms with Crippen LogP contribution >= 0.6 is 0 Å². The van der Waals surface area contributed by atoms with E-state index < -0.39 is 5.60 Å². The quantitative estimate of drug-likeness (QED) is 0.392. The lowest BCUT2D eigenvalue weighted by Gasteiger charge is -2.43. The number of rotatable bonds is 7. The molecule has 1 aliphatic heterocycles. The maximum Gasteiger partial charge on any atom is 0.290 e. The number of benzene rings is 3. The Morgan fingerprint density at radius 3 is 2.12 bits per heavy atom. The number of imidazole rings is 1. The Morgan fingerprint density at radius 2 is 1.53 bits per heavy atom. The Kier molecular flexibility index (Phi) is 6.28. The Bertz CT molecular complexity index is 1180. The Hall–Kier alpha value is -3.70. The van der Waals surface area contributed by atoms with Crippen LogP contribution in [0.25, 0.3) is 0 Å². The molecule has 34 heavy (non-hydrogen) atoms. The monoisotopic (exact) mass is 451 g/mol. The summed E-state index contributed by atoms with van der Waals surface area (Å²) in [7, 11) is 1.75. The summed E-state index contributed by atoms with van der Waals surface area (Å²) < 4.78 is 8.33. The fourth-order valence-corrected chi connectivity index (χ4v) is 5.27. The van der Waals surface area contributed by atoms with Crippen molar-refractivity contribution in [1.82, 2.24) is 14.5 Å². The van der Waals surface area contributed by atoms with Crippen molar-refractivity contribution in [2.75, 3.05) is 13.7 Å². The van der Waals surface area contributed by atoms with Gasteiger partial charge in [0, 0.05) is 32.6 Å². The Balaban J connectivity index is 1.54. The van der Waals surface area contributed by atoms with E-state index in [1.54, 1.807) is 13.3 Å². The summed E-state index contributed by atoms with van der Waals surface area (Å²) in [5.41, 5.74) is 2.44. The molecule has 1 fully saturated rings. The summed E-state index contributed by atoms with van der Waals surface area (Å²) in [5.74, 6) is 0.401. The highest BCUT2D eigenvalue weighted by atomic mass is 16.5. The summed E-state index contributed by atoms with van der Waals surface area (Å²) in [6, 6.07) is 30.5. The molecule has 1 saturated heterocycles. The normalized spacial score (nSPS) is 16.0. The number of nitrogens with zero attached hydrogens (tertiary/aromatic N) is 3. The topological polar surface area (TPSA) is 47.4 Å². The zero-order chi connectivity index (χ0) is 23.4. The SMILES string of the molecule is COC(c1ccccc1)(c1ccccc1)[C@@H]1CCCN1C(=O)c1nccn1Cc1ccccc1. The van der Waals surface area contributed by atoms with Gasteiger partial charge in [-0.25, -0.2) is 4.98 Å². The molecule has 1 amide bonds. The predicted molar refractivity (Wildman–Crippen MR) is 133 cm³/mol. The fraction of sp³-hybridized carbons (Fsp3) is 0.241.